The van der Waals surface area contributed by atoms with Gasteiger partial charge in [0.25, 0.3) is 0 Å². The number of sulfonamides is 1. The number of nitrogens with zero attached hydrogens (tertiary/aromatic N) is 1. The van der Waals surface area contributed by atoms with Gasteiger partial charge in [0.05, 0.1) is 16.9 Å². The standard InChI is InChI=1S/C21H31BF3NO4S/c1-6-26(31(27,28)21(23,24)25)16-12-13-17(15-10-8-7-9-11-15)18(14-16)22-29-19(2,3)20(4,5)30-22/h12-15H,6-11H2,1-5H3. The number of hydrogen-bond acceptors (Lipinski definition) is 4. The smallest absolute Gasteiger partial charge is 0.399 e. The first-order chi connectivity index (χ1) is 14.2. The van der Waals surface area contributed by atoms with Crippen molar-refractivity contribution in [1.29, 1.82) is 0 Å². The monoisotopic (exact) mass is 461 g/mol. The third-order valence-corrected chi connectivity index (χ3v) is 8.41. The lowest BCUT2D eigenvalue weighted by Crippen LogP contribution is -2.42. The molecule has 0 atom stereocenters. The second-order valence-electron chi connectivity index (χ2n) is 9.35. The second-order valence-corrected chi connectivity index (χ2v) is 11.2. The molecule has 1 saturated carbocycles. The van der Waals surface area contributed by atoms with Gasteiger partial charge in [0.2, 0.25) is 0 Å². The van der Waals surface area contributed by atoms with Crippen molar-refractivity contribution < 1.29 is 30.9 Å². The van der Waals surface area contributed by atoms with E-state index in [2.05, 4.69) is 0 Å². The Hall–Kier alpha value is -1.26. The van der Waals surface area contributed by atoms with Gasteiger partial charge in [0.15, 0.2) is 0 Å². The molecule has 1 aromatic rings. The Morgan fingerprint density at radius 1 is 1.06 bits per heavy atom. The lowest BCUT2D eigenvalue weighted by Gasteiger charge is -2.32. The first-order valence-corrected chi connectivity index (χ1v) is 12.2. The summed E-state index contributed by atoms with van der Waals surface area (Å²) in [6.07, 6.45) is 5.28. The topological polar surface area (TPSA) is 55.8 Å². The highest BCUT2D eigenvalue weighted by atomic mass is 32.2. The summed E-state index contributed by atoms with van der Waals surface area (Å²) >= 11 is 0. The Bertz CT molecular complexity index is 896. The van der Waals surface area contributed by atoms with E-state index in [-0.39, 0.29) is 18.2 Å². The van der Waals surface area contributed by atoms with Crippen LogP contribution in [0.25, 0.3) is 0 Å². The number of benzene rings is 1. The van der Waals surface area contributed by atoms with Gasteiger partial charge < -0.3 is 9.31 Å². The third kappa shape index (κ3) is 4.48. The Kier molecular flexibility index (Phi) is 6.50. The number of hydrogen-bond donors (Lipinski definition) is 0. The zero-order chi connectivity index (χ0) is 23.2. The number of alkyl halides is 3. The van der Waals surface area contributed by atoms with Crippen LogP contribution in [0.15, 0.2) is 18.2 Å². The molecule has 3 rings (SSSR count). The maximum absolute atomic E-state index is 13.3. The van der Waals surface area contributed by atoms with Gasteiger partial charge in [-0.3, -0.25) is 4.31 Å². The Morgan fingerprint density at radius 2 is 1.61 bits per heavy atom. The summed E-state index contributed by atoms with van der Waals surface area (Å²) in [5, 5.41) is 0. The molecule has 0 amide bonds. The highest BCUT2D eigenvalue weighted by molar-refractivity contribution is 7.93. The third-order valence-electron chi connectivity index (χ3n) is 6.78. The van der Waals surface area contributed by atoms with Crippen molar-refractivity contribution in [2.75, 3.05) is 10.8 Å². The quantitative estimate of drug-likeness (QED) is 0.597. The average molecular weight is 461 g/mol. The average Bonchev–Trinajstić information content (AvgIpc) is 2.89. The van der Waals surface area contributed by atoms with Crippen molar-refractivity contribution in [3.8, 4) is 0 Å². The lowest BCUT2D eigenvalue weighted by molar-refractivity contribution is -0.0438. The van der Waals surface area contributed by atoms with Crippen LogP contribution in [0.5, 0.6) is 0 Å². The summed E-state index contributed by atoms with van der Waals surface area (Å²) in [6, 6.07) is 4.71. The molecule has 1 heterocycles. The molecule has 0 radical (unpaired) electrons. The van der Waals surface area contributed by atoms with E-state index in [1.807, 2.05) is 27.7 Å². The molecular formula is C21H31BF3NO4S. The van der Waals surface area contributed by atoms with E-state index in [4.69, 9.17) is 9.31 Å². The maximum Gasteiger partial charge on any atom is 0.516 e. The molecule has 10 heteroatoms. The SMILES string of the molecule is CCN(c1ccc(C2CCCCC2)c(B2OC(C)(C)C(C)(C)O2)c1)S(=O)(=O)C(F)(F)F. The van der Waals surface area contributed by atoms with Crippen LogP contribution in [-0.4, -0.2) is 38.8 Å². The minimum Gasteiger partial charge on any atom is -0.399 e. The van der Waals surface area contributed by atoms with Gasteiger partial charge in [-0.05, 0) is 76.5 Å². The molecule has 0 unspecified atom stereocenters. The largest absolute Gasteiger partial charge is 0.516 e. The predicted octanol–water partition coefficient (Wildman–Crippen LogP) is 4.71. The molecule has 2 fully saturated rings. The minimum absolute atomic E-state index is 0.0379. The number of anilines is 1. The van der Waals surface area contributed by atoms with E-state index in [1.165, 1.54) is 19.1 Å². The van der Waals surface area contributed by atoms with Crippen molar-refractivity contribution in [3.05, 3.63) is 23.8 Å². The van der Waals surface area contributed by atoms with Crippen LogP contribution >= 0.6 is 0 Å². The fraction of sp³-hybridized carbons (Fsp3) is 0.714. The van der Waals surface area contributed by atoms with Gasteiger partial charge in [-0.1, -0.05) is 25.3 Å². The maximum atomic E-state index is 13.3. The Morgan fingerprint density at radius 3 is 2.10 bits per heavy atom. The minimum atomic E-state index is -5.51. The van der Waals surface area contributed by atoms with Crippen LogP contribution in [0.4, 0.5) is 18.9 Å². The van der Waals surface area contributed by atoms with Crippen LogP contribution in [0.2, 0.25) is 0 Å². The fourth-order valence-electron chi connectivity index (χ4n) is 4.29. The molecule has 0 bridgehead atoms. The van der Waals surface area contributed by atoms with Crippen LogP contribution in [0.1, 0.15) is 78.2 Å². The van der Waals surface area contributed by atoms with Gasteiger partial charge in [-0.15, -0.1) is 0 Å². The van der Waals surface area contributed by atoms with Crippen molar-refractivity contribution in [3.63, 3.8) is 0 Å². The highest BCUT2D eigenvalue weighted by Gasteiger charge is 2.53. The van der Waals surface area contributed by atoms with Crippen LogP contribution in [0.3, 0.4) is 0 Å². The summed E-state index contributed by atoms with van der Waals surface area (Å²) in [5.41, 5.74) is -5.10. The first-order valence-electron chi connectivity index (χ1n) is 10.8. The van der Waals surface area contributed by atoms with E-state index in [9.17, 15) is 21.6 Å². The van der Waals surface area contributed by atoms with Crippen LogP contribution in [-0.2, 0) is 19.3 Å². The van der Waals surface area contributed by atoms with Crippen molar-refractivity contribution in [1.82, 2.24) is 0 Å². The summed E-state index contributed by atoms with van der Waals surface area (Å²) in [5.74, 6) is 0.242. The van der Waals surface area contributed by atoms with Gasteiger partial charge in [-0.2, -0.15) is 21.6 Å². The predicted molar refractivity (Wildman–Crippen MR) is 116 cm³/mol. The van der Waals surface area contributed by atoms with E-state index >= 15 is 0 Å². The Labute approximate surface area is 183 Å². The van der Waals surface area contributed by atoms with Gasteiger partial charge in [0.1, 0.15) is 0 Å². The molecular weight excluding hydrogens is 430 g/mol. The van der Waals surface area contributed by atoms with Crippen LogP contribution < -0.4 is 9.77 Å². The summed E-state index contributed by atoms with van der Waals surface area (Å²) in [4.78, 5) is 0. The van der Waals surface area contributed by atoms with E-state index in [0.717, 1.165) is 37.7 Å². The molecule has 174 valence electrons. The molecule has 1 aliphatic heterocycles. The number of halogens is 3. The fourth-order valence-corrected chi connectivity index (χ4v) is 5.27. The molecule has 0 spiro atoms. The normalized spacial score (nSPS) is 22.0. The molecule has 2 aliphatic rings. The van der Waals surface area contributed by atoms with E-state index < -0.39 is 33.9 Å². The zero-order valence-electron chi connectivity index (χ0n) is 18.8. The summed E-state index contributed by atoms with van der Waals surface area (Å²) in [7, 11) is -6.30. The molecule has 0 N–H and O–H groups in total. The van der Waals surface area contributed by atoms with Gasteiger partial charge >= 0.3 is 22.7 Å². The molecule has 5 nitrogen and oxygen atoms in total. The first kappa shape index (κ1) is 24.4. The highest BCUT2D eigenvalue weighted by Crippen LogP contribution is 2.39. The van der Waals surface area contributed by atoms with Crippen molar-refractivity contribution in [2.45, 2.75) is 89.4 Å². The van der Waals surface area contributed by atoms with Gasteiger partial charge in [0, 0.05) is 6.54 Å². The number of rotatable bonds is 5. The molecule has 0 aromatic heterocycles. The molecule has 1 aliphatic carbocycles. The molecule has 1 saturated heterocycles. The van der Waals surface area contributed by atoms with Gasteiger partial charge in [-0.25, -0.2) is 0 Å². The van der Waals surface area contributed by atoms with Crippen molar-refractivity contribution in [2.24, 2.45) is 0 Å². The zero-order valence-corrected chi connectivity index (χ0v) is 19.6. The van der Waals surface area contributed by atoms with Crippen molar-refractivity contribution >= 4 is 28.3 Å². The lowest BCUT2D eigenvalue weighted by atomic mass is 9.70. The second kappa shape index (κ2) is 8.26. The molecule has 1 aromatic carbocycles. The van der Waals surface area contributed by atoms with Crippen LogP contribution in [0, 0.1) is 0 Å². The summed E-state index contributed by atoms with van der Waals surface area (Å²) in [6.45, 7) is 8.67. The Balaban J connectivity index is 2.10. The van der Waals surface area contributed by atoms with E-state index in [1.54, 1.807) is 6.07 Å². The molecule has 31 heavy (non-hydrogen) atoms. The summed E-state index contributed by atoms with van der Waals surface area (Å²) < 4.78 is 76.8. The van der Waals surface area contributed by atoms with E-state index in [0.29, 0.717) is 9.77 Å².